The van der Waals surface area contributed by atoms with Crippen molar-refractivity contribution >= 4 is 29.2 Å². The van der Waals surface area contributed by atoms with Gasteiger partial charge >= 0.3 is 0 Å². The molecule has 0 atom stereocenters. The molecule has 1 aromatic carbocycles. The zero-order valence-electron chi connectivity index (χ0n) is 12.2. The number of carbonyl (C=O) groups is 1. The summed E-state index contributed by atoms with van der Waals surface area (Å²) in [7, 11) is 1.52. The second-order valence-corrected chi connectivity index (χ2v) is 5.53. The van der Waals surface area contributed by atoms with Gasteiger partial charge in [0.05, 0.1) is 12.0 Å². The van der Waals surface area contributed by atoms with Gasteiger partial charge in [-0.05, 0) is 37.6 Å². The number of Topliss-reactive ketones (excluding diaryl/α,β-unsaturated/α-hetero) is 1. The number of ketones is 1. The second-order valence-electron chi connectivity index (χ2n) is 5.09. The molecule has 0 aliphatic rings. The van der Waals surface area contributed by atoms with Crippen LogP contribution in [0.4, 0.5) is 0 Å². The van der Waals surface area contributed by atoms with Crippen LogP contribution in [0.25, 0.3) is 11.8 Å². The Morgan fingerprint density at radius 1 is 1.33 bits per heavy atom. The van der Waals surface area contributed by atoms with Gasteiger partial charge in [0.1, 0.15) is 5.60 Å². The van der Waals surface area contributed by atoms with E-state index in [1.807, 2.05) is 12.1 Å². The first-order valence-corrected chi connectivity index (χ1v) is 6.87. The Morgan fingerprint density at radius 3 is 2.52 bits per heavy atom. The third-order valence-corrected chi connectivity index (χ3v) is 3.50. The van der Waals surface area contributed by atoms with E-state index in [1.165, 1.54) is 7.11 Å². The highest BCUT2D eigenvalue weighted by Crippen LogP contribution is 2.22. The fourth-order valence-corrected chi connectivity index (χ4v) is 1.90. The van der Waals surface area contributed by atoms with Gasteiger partial charge in [-0.15, -0.1) is 0 Å². The lowest BCUT2D eigenvalue weighted by molar-refractivity contribution is -0.131. The number of nitrogens with zero attached hydrogens (tertiary/aromatic N) is 2. The maximum atomic E-state index is 12.7. The predicted octanol–water partition coefficient (Wildman–Crippen LogP) is 3.53. The highest BCUT2D eigenvalue weighted by molar-refractivity contribution is 6.30. The number of halogens is 1. The molecule has 0 aliphatic heterocycles. The summed E-state index contributed by atoms with van der Waals surface area (Å²) in [4.78, 5) is 16.7. The minimum Gasteiger partial charge on any atom is -0.371 e. The van der Waals surface area contributed by atoms with E-state index < -0.39 is 5.60 Å². The third-order valence-electron chi connectivity index (χ3n) is 3.25. The molecule has 0 unspecified atom stereocenters. The fourth-order valence-electron chi connectivity index (χ4n) is 1.78. The minimum absolute atomic E-state index is 0.127. The van der Waals surface area contributed by atoms with Crippen LogP contribution in [-0.4, -0.2) is 28.0 Å². The van der Waals surface area contributed by atoms with Crippen LogP contribution in [0.5, 0.6) is 0 Å². The summed E-state index contributed by atoms with van der Waals surface area (Å²) in [5, 5.41) is 0.653. The largest absolute Gasteiger partial charge is 0.371 e. The first-order valence-electron chi connectivity index (χ1n) is 6.49. The smallest absolute Gasteiger partial charge is 0.210 e. The summed E-state index contributed by atoms with van der Waals surface area (Å²) in [5.41, 5.74) is 0.452. The molecule has 2 rings (SSSR count). The Labute approximate surface area is 129 Å². The van der Waals surface area contributed by atoms with Crippen LogP contribution in [-0.2, 0) is 9.53 Å². The van der Waals surface area contributed by atoms with Gasteiger partial charge in [-0.3, -0.25) is 4.79 Å². The van der Waals surface area contributed by atoms with Crippen LogP contribution in [0.15, 0.2) is 43.0 Å². The summed E-state index contributed by atoms with van der Waals surface area (Å²) < 4.78 is 6.97. The van der Waals surface area contributed by atoms with E-state index in [2.05, 4.69) is 4.98 Å². The van der Waals surface area contributed by atoms with Crippen molar-refractivity contribution in [3.63, 3.8) is 0 Å². The quantitative estimate of drug-likeness (QED) is 0.794. The second kappa shape index (κ2) is 6.24. The van der Waals surface area contributed by atoms with Crippen molar-refractivity contribution in [1.29, 1.82) is 0 Å². The SMILES string of the molecule is COC(C)(C)C(=O)/C(=C/c1ccc(Cl)cc1)n1ccnc1. The van der Waals surface area contributed by atoms with E-state index in [1.54, 1.807) is 55.3 Å². The molecule has 1 aromatic heterocycles. The molecular weight excluding hydrogens is 288 g/mol. The van der Waals surface area contributed by atoms with Crippen LogP contribution < -0.4 is 0 Å². The average molecular weight is 305 g/mol. The van der Waals surface area contributed by atoms with Crippen molar-refractivity contribution in [2.45, 2.75) is 19.4 Å². The molecular formula is C16H17ClN2O2. The number of imidazole rings is 1. The van der Waals surface area contributed by atoms with E-state index >= 15 is 0 Å². The summed E-state index contributed by atoms with van der Waals surface area (Å²) >= 11 is 5.88. The van der Waals surface area contributed by atoms with Crippen LogP contribution >= 0.6 is 11.6 Å². The number of carbonyl (C=O) groups excluding carboxylic acids is 1. The molecule has 0 bridgehead atoms. The zero-order valence-corrected chi connectivity index (χ0v) is 13.0. The Hall–Kier alpha value is -1.91. The molecule has 5 heteroatoms. The van der Waals surface area contributed by atoms with E-state index in [0.717, 1.165) is 5.56 Å². The van der Waals surface area contributed by atoms with Gasteiger partial charge in [-0.2, -0.15) is 0 Å². The number of methoxy groups -OCH3 is 1. The fraction of sp³-hybridized carbons (Fsp3) is 0.250. The van der Waals surface area contributed by atoms with Crippen molar-refractivity contribution in [2.75, 3.05) is 7.11 Å². The molecule has 0 aliphatic carbocycles. The van der Waals surface area contributed by atoms with E-state index in [-0.39, 0.29) is 5.78 Å². The summed E-state index contributed by atoms with van der Waals surface area (Å²) in [5.74, 6) is -0.127. The van der Waals surface area contributed by atoms with Gasteiger partial charge in [0.15, 0.2) is 0 Å². The lowest BCUT2D eigenvalue weighted by Gasteiger charge is -2.23. The number of hydrogen-bond donors (Lipinski definition) is 0. The molecule has 21 heavy (non-hydrogen) atoms. The standard InChI is InChI=1S/C16H17ClN2O2/c1-16(2,21-3)15(20)14(19-9-8-18-11-19)10-12-4-6-13(17)7-5-12/h4-11H,1-3H3/b14-10-. The molecule has 2 aromatic rings. The summed E-state index contributed by atoms with van der Waals surface area (Å²) in [6, 6.07) is 7.27. The Morgan fingerprint density at radius 2 is 2.00 bits per heavy atom. The summed E-state index contributed by atoms with van der Waals surface area (Å²) in [6.07, 6.45) is 6.74. The first-order chi connectivity index (χ1) is 9.94. The van der Waals surface area contributed by atoms with Crippen molar-refractivity contribution in [2.24, 2.45) is 0 Å². The maximum absolute atomic E-state index is 12.7. The number of ether oxygens (including phenoxy) is 1. The molecule has 1 heterocycles. The highest BCUT2D eigenvalue weighted by atomic mass is 35.5. The first kappa shape index (κ1) is 15.5. The number of hydrogen-bond acceptors (Lipinski definition) is 3. The maximum Gasteiger partial charge on any atom is 0.210 e. The van der Waals surface area contributed by atoms with Crippen molar-refractivity contribution in [3.8, 4) is 0 Å². The van der Waals surface area contributed by atoms with E-state index in [0.29, 0.717) is 10.7 Å². The Bertz CT molecular complexity index is 643. The van der Waals surface area contributed by atoms with Crippen LogP contribution in [0.3, 0.4) is 0 Å². The molecule has 0 radical (unpaired) electrons. The molecule has 0 spiro atoms. The van der Waals surface area contributed by atoms with Crippen LogP contribution in [0, 0.1) is 0 Å². The molecule has 0 amide bonds. The van der Waals surface area contributed by atoms with Crippen molar-refractivity contribution in [1.82, 2.24) is 9.55 Å². The van der Waals surface area contributed by atoms with Crippen LogP contribution in [0.2, 0.25) is 5.02 Å². The van der Waals surface area contributed by atoms with Gasteiger partial charge in [-0.25, -0.2) is 4.98 Å². The molecule has 0 saturated carbocycles. The number of rotatable bonds is 5. The third kappa shape index (κ3) is 3.60. The van der Waals surface area contributed by atoms with Gasteiger partial charge in [0.2, 0.25) is 5.78 Å². The summed E-state index contributed by atoms with van der Waals surface area (Å²) in [6.45, 7) is 3.48. The predicted molar refractivity (Wildman–Crippen MR) is 83.9 cm³/mol. The van der Waals surface area contributed by atoms with Crippen molar-refractivity contribution < 1.29 is 9.53 Å². The zero-order chi connectivity index (χ0) is 15.5. The van der Waals surface area contributed by atoms with Crippen LogP contribution in [0.1, 0.15) is 19.4 Å². The minimum atomic E-state index is -0.914. The van der Waals surface area contributed by atoms with Crippen molar-refractivity contribution in [3.05, 3.63) is 53.6 Å². The van der Waals surface area contributed by atoms with Gasteiger partial charge < -0.3 is 9.30 Å². The normalized spacial score (nSPS) is 12.5. The molecule has 0 N–H and O–H groups in total. The molecule has 0 saturated heterocycles. The van der Waals surface area contributed by atoms with Gasteiger partial charge in [0, 0.05) is 24.5 Å². The van der Waals surface area contributed by atoms with Gasteiger partial charge in [-0.1, -0.05) is 23.7 Å². The van der Waals surface area contributed by atoms with Gasteiger partial charge in [0.25, 0.3) is 0 Å². The lowest BCUT2D eigenvalue weighted by Crippen LogP contribution is -2.35. The molecule has 110 valence electrons. The lowest BCUT2D eigenvalue weighted by atomic mass is 9.99. The topological polar surface area (TPSA) is 44.1 Å². The molecule has 0 fully saturated rings. The average Bonchev–Trinajstić information content (AvgIpc) is 3.00. The Balaban J connectivity index is 2.47. The monoisotopic (exact) mass is 304 g/mol. The molecule has 4 nitrogen and oxygen atoms in total. The van der Waals surface area contributed by atoms with E-state index in [4.69, 9.17) is 16.3 Å². The van der Waals surface area contributed by atoms with E-state index in [9.17, 15) is 4.79 Å². The number of aromatic nitrogens is 2. The Kier molecular flexibility index (Phi) is 4.60. The highest BCUT2D eigenvalue weighted by Gasteiger charge is 2.30. The number of benzene rings is 1.